The van der Waals surface area contributed by atoms with E-state index in [4.69, 9.17) is 9.47 Å². The summed E-state index contributed by atoms with van der Waals surface area (Å²) >= 11 is 0. The molecule has 1 aromatic heterocycles. The third kappa shape index (κ3) is 6.26. The van der Waals surface area contributed by atoms with Crippen molar-refractivity contribution in [3.05, 3.63) is 60.3 Å². The van der Waals surface area contributed by atoms with E-state index in [-0.39, 0.29) is 17.9 Å². The van der Waals surface area contributed by atoms with Gasteiger partial charge in [0.15, 0.2) is 0 Å². The number of hydrogen-bond acceptors (Lipinski definition) is 6. The number of nitrogens with zero attached hydrogens (tertiary/aromatic N) is 2. The lowest BCUT2D eigenvalue weighted by Crippen LogP contribution is -2.12. The van der Waals surface area contributed by atoms with Gasteiger partial charge in [-0.05, 0) is 56.7 Å². The molecule has 0 radical (unpaired) electrons. The molecule has 2 aromatic carbocycles. The second-order valence-electron chi connectivity index (χ2n) is 7.03. The molecule has 2 N–H and O–H groups in total. The summed E-state index contributed by atoms with van der Waals surface area (Å²) in [5, 5.41) is 5.66. The normalized spacial score (nSPS) is 12.2. The van der Waals surface area contributed by atoms with E-state index in [0.29, 0.717) is 29.5 Å². The second kappa shape index (κ2) is 10.2. The quantitative estimate of drug-likeness (QED) is 0.388. The number of benzene rings is 2. The molecule has 1 unspecified atom stereocenters. The van der Waals surface area contributed by atoms with Gasteiger partial charge < -0.3 is 20.1 Å². The molecule has 0 aliphatic carbocycles. The topological polar surface area (TPSA) is 68.3 Å². The van der Waals surface area contributed by atoms with E-state index in [0.717, 1.165) is 12.6 Å². The summed E-state index contributed by atoms with van der Waals surface area (Å²) in [7, 11) is 0. The number of anilines is 4. The van der Waals surface area contributed by atoms with Crippen LogP contribution in [0.15, 0.2) is 54.7 Å². The van der Waals surface area contributed by atoms with Gasteiger partial charge in [-0.25, -0.2) is 4.98 Å². The van der Waals surface area contributed by atoms with E-state index in [1.807, 2.05) is 20.8 Å². The Hall–Kier alpha value is -3.49. The van der Waals surface area contributed by atoms with Crippen LogP contribution in [-0.2, 0) is 6.18 Å². The van der Waals surface area contributed by atoms with Crippen LogP contribution < -0.4 is 20.1 Å². The van der Waals surface area contributed by atoms with Crippen LogP contribution in [0, 0.1) is 0 Å². The monoisotopic (exact) mass is 446 g/mol. The van der Waals surface area contributed by atoms with Crippen LogP contribution in [-0.4, -0.2) is 22.7 Å². The predicted molar refractivity (Wildman–Crippen MR) is 118 cm³/mol. The van der Waals surface area contributed by atoms with Crippen LogP contribution >= 0.6 is 0 Å². The third-order valence-electron chi connectivity index (χ3n) is 4.52. The predicted octanol–water partition coefficient (Wildman–Crippen LogP) is 6.56. The van der Waals surface area contributed by atoms with Crippen LogP contribution in [0.5, 0.6) is 11.5 Å². The highest BCUT2D eigenvalue weighted by Gasteiger charge is 2.35. The van der Waals surface area contributed by atoms with Crippen molar-refractivity contribution in [2.75, 3.05) is 17.2 Å². The lowest BCUT2D eigenvalue weighted by Gasteiger charge is -2.16. The summed E-state index contributed by atoms with van der Waals surface area (Å²) in [6.07, 6.45) is -2.90. The molecule has 0 amide bonds. The van der Waals surface area contributed by atoms with Gasteiger partial charge in [0.1, 0.15) is 22.9 Å². The maximum Gasteiger partial charge on any atom is 0.421 e. The van der Waals surface area contributed by atoms with Crippen molar-refractivity contribution < 1.29 is 22.6 Å². The van der Waals surface area contributed by atoms with Gasteiger partial charge in [0.05, 0.1) is 12.7 Å². The summed E-state index contributed by atoms with van der Waals surface area (Å²) in [6, 6.07) is 13.7. The summed E-state index contributed by atoms with van der Waals surface area (Å²) in [4.78, 5) is 7.90. The fourth-order valence-corrected chi connectivity index (χ4v) is 2.77. The van der Waals surface area contributed by atoms with Crippen LogP contribution in [0.3, 0.4) is 0 Å². The number of ether oxygens (including phenoxy) is 2. The van der Waals surface area contributed by atoms with Crippen molar-refractivity contribution in [1.29, 1.82) is 0 Å². The number of nitrogens with one attached hydrogen (secondary N) is 2. The molecule has 1 atom stereocenters. The zero-order valence-electron chi connectivity index (χ0n) is 18.0. The second-order valence-corrected chi connectivity index (χ2v) is 7.03. The Morgan fingerprint density at radius 1 is 0.969 bits per heavy atom. The molecule has 32 heavy (non-hydrogen) atoms. The molecule has 3 rings (SSSR count). The van der Waals surface area contributed by atoms with Crippen LogP contribution in [0.2, 0.25) is 0 Å². The molecule has 0 saturated heterocycles. The first-order valence-corrected chi connectivity index (χ1v) is 10.3. The lowest BCUT2D eigenvalue weighted by atomic mass is 10.2. The molecule has 3 aromatic rings. The zero-order valence-corrected chi connectivity index (χ0v) is 18.0. The summed E-state index contributed by atoms with van der Waals surface area (Å²) in [6.45, 7) is 6.27. The number of hydrogen-bond donors (Lipinski definition) is 2. The van der Waals surface area contributed by atoms with E-state index >= 15 is 0 Å². The van der Waals surface area contributed by atoms with Crippen molar-refractivity contribution in [3.8, 4) is 11.5 Å². The summed E-state index contributed by atoms with van der Waals surface area (Å²) < 4.78 is 51.7. The zero-order chi connectivity index (χ0) is 23.1. The Balaban J connectivity index is 1.83. The van der Waals surface area contributed by atoms with E-state index in [9.17, 15) is 13.2 Å². The molecule has 0 spiro atoms. The molecule has 9 heteroatoms. The largest absolute Gasteiger partial charge is 0.494 e. The van der Waals surface area contributed by atoms with Crippen LogP contribution in [0.4, 0.5) is 36.3 Å². The van der Waals surface area contributed by atoms with Crippen molar-refractivity contribution in [2.45, 2.75) is 39.5 Å². The van der Waals surface area contributed by atoms with Gasteiger partial charge in [-0.15, -0.1) is 0 Å². The first kappa shape index (κ1) is 23.2. The van der Waals surface area contributed by atoms with Crippen LogP contribution in [0.25, 0.3) is 0 Å². The van der Waals surface area contributed by atoms with Crippen molar-refractivity contribution >= 4 is 23.1 Å². The van der Waals surface area contributed by atoms with E-state index in [2.05, 4.69) is 20.6 Å². The molecule has 0 aliphatic rings. The first-order chi connectivity index (χ1) is 15.3. The van der Waals surface area contributed by atoms with Crippen molar-refractivity contribution in [2.24, 2.45) is 0 Å². The average molecular weight is 446 g/mol. The van der Waals surface area contributed by atoms with Gasteiger partial charge in [-0.3, -0.25) is 0 Å². The van der Waals surface area contributed by atoms with E-state index < -0.39 is 11.7 Å². The highest BCUT2D eigenvalue weighted by atomic mass is 19.4. The molecule has 170 valence electrons. The number of alkyl halides is 3. The maximum atomic E-state index is 13.5. The molecule has 0 bridgehead atoms. The number of halogens is 3. The van der Waals surface area contributed by atoms with E-state index in [1.54, 1.807) is 48.5 Å². The minimum Gasteiger partial charge on any atom is -0.494 e. The first-order valence-electron chi connectivity index (χ1n) is 10.3. The highest BCUT2D eigenvalue weighted by molar-refractivity contribution is 5.64. The molecule has 6 nitrogen and oxygen atoms in total. The molecular weight excluding hydrogens is 421 g/mol. The summed E-state index contributed by atoms with van der Waals surface area (Å²) in [5.74, 6) is 0.908. The Morgan fingerprint density at radius 2 is 1.72 bits per heavy atom. The fourth-order valence-electron chi connectivity index (χ4n) is 2.77. The molecule has 0 aliphatic heterocycles. The van der Waals surface area contributed by atoms with Crippen molar-refractivity contribution in [1.82, 2.24) is 9.97 Å². The van der Waals surface area contributed by atoms with Gasteiger partial charge in [-0.1, -0.05) is 13.0 Å². The number of rotatable bonds is 9. The van der Waals surface area contributed by atoms with Gasteiger partial charge in [0.2, 0.25) is 5.95 Å². The molecule has 1 heterocycles. The van der Waals surface area contributed by atoms with Crippen molar-refractivity contribution in [3.63, 3.8) is 0 Å². The van der Waals surface area contributed by atoms with Gasteiger partial charge >= 0.3 is 6.18 Å². The standard InChI is InChI=1S/C23H25F3N4O2/c1-4-15(3)32-18-11-9-16(10-12-18)29-22-27-14-20(23(24,25)26)21(30-22)28-17-7-6-8-19(13-17)31-5-2/h6-15H,4-5H2,1-3H3,(H2,27,28,29,30). The minimum atomic E-state index is -4.62. The molecule has 0 fully saturated rings. The highest BCUT2D eigenvalue weighted by Crippen LogP contribution is 2.35. The van der Waals surface area contributed by atoms with E-state index in [1.165, 1.54) is 0 Å². The Morgan fingerprint density at radius 3 is 2.38 bits per heavy atom. The number of aromatic nitrogens is 2. The minimum absolute atomic E-state index is 0.0251. The van der Waals surface area contributed by atoms with Gasteiger partial charge in [0.25, 0.3) is 0 Å². The molecule has 0 saturated carbocycles. The van der Waals surface area contributed by atoms with Gasteiger partial charge in [-0.2, -0.15) is 18.2 Å². The smallest absolute Gasteiger partial charge is 0.421 e. The van der Waals surface area contributed by atoms with Crippen LogP contribution in [0.1, 0.15) is 32.8 Å². The summed E-state index contributed by atoms with van der Waals surface area (Å²) in [5.41, 5.74) is 0.0605. The maximum absolute atomic E-state index is 13.5. The fraction of sp³-hybridized carbons (Fsp3) is 0.304. The Bertz CT molecular complexity index is 1030. The average Bonchev–Trinajstić information content (AvgIpc) is 2.75. The lowest BCUT2D eigenvalue weighted by molar-refractivity contribution is -0.137. The van der Waals surface area contributed by atoms with Gasteiger partial charge in [0, 0.05) is 23.6 Å². The third-order valence-corrected chi connectivity index (χ3v) is 4.52. The SMILES string of the molecule is CCOc1cccc(Nc2nc(Nc3ccc(OC(C)CC)cc3)ncc2C(F)(F)F)c1. The molecular formula is C23H25F3N4O2. The Labute approximate surface area is 184 Å². The Kier molecular flexibility index (Phi) is 7.40.